The first-order valence-corrected chi connectivity index (χ1v) is 6.39. The van der Waals surface area contributed by atoms with Crippen LogP contribution in [0, 0.1) is 17.3 Å². The van der Waals surface area contributed by atoms with E-state index < -0.39 is 0 Å². The second-order valence-electron chi connectivity index (χ2n) is 6.18. The maximum absolute atomic E-state index is 11.1. The van der Waals surface area contributed by atoms with E-state index in [2.05, 4.69) is 33.4 Å². The second kappa shape index (κ2) is 4.01. The van der Waals surface area contributed by atoms with Crippen LogP contribution in [0.3, 0.4) is 0 Å². The summed E-state index contributed by atoms with van der Waals surface area (Å²) >= 11 is 0. The van der Waals surface area contributed by atoms with Crippen molar-refractivity contribution >= 4 is 5.97 Å². The highest BCUT2D eigenvalue weighted by atomic mass is 16.5. The Morgan fingerprint density at radius 2 is 2.18 bits per heavy atom. The van der Waals surface area contributed by atoms with Gasteiger partial charge in [-0.05, 0) is 47.3 Å². The van der Waals surface area contributed by atoms with Gasteiger partial charge in [0.15, 0.2) is 0 Å². The molecule has 0 heterocycles. The molecule has 0 amide bonds. The van der Waals surface area contributed by atoms with Crippen LogP contribution in [-0.2, 0) is 9.53 Å². The van der Waals surface area contributed by atoms with E-state index in [0.29, 0.717) is 11.8 Å². The van der Waals surface area contributed by atoms with Gasteiger partial charge in [0.25, 0.3) is 0 Å². The molecule has 0 N–H and O–H groups in total. The number of allylic oxidation sites excluding steroid dienone is 2. The number of carbonyl (C=O) groups is 1. The Morgan fingerprint density at radius 1 is 1.53 bits per heavy atom. The van der Waals surface area contributed by atoms with Gasteiger partial charge in [0.05, 0.1) is 0 Å². The molecule has 2 rings (SSSR count). The first-order chi connectivity index (χ1) is 7.81. The molecule has 0 bridgehead atoms. The minimum atomic E-state index is -0.197. The fraction of sp³-hybridized carbons (Fsp3) is 0.667. The lowest BCUT2D eigenvalue weighted by atomic mass is 9.68. The molecule has 0 saturated heterocycles. The first-order valence-electron chi connectivity index (χ1n) is 6.39. The van der Waals surface area contributed by atoms with Crippen LogP contribution in [0.4, 0.5) is 0 Å². The SMILES string of the molecule is C=C1C2=CC(OC(C)=O)CC(C)(C)C2CC1C. The highest BCUT2D eigenvalue weighted by Crippen LogP contribution is 2.53. The van der Waals surface area contributed by atoms with Gasteiger partial charge < -0.3 is 4.74 Å². The molecule has 0 spiro atoms. The third-order valence-electron chi connectivity index (χ3n) is 4.28. The molecule has 0 aliphatic heterocycles. The minimum absolute atomic E-state index is 0.0733. The maximum atomic E-state index is 11.1. The van der Waals surface area contributed by atoms with Crippen molar-refractivity contribution in [3.8, 4) is 0 Å². The molecule has 3 unspecified atom stereocenters. The maximum Gasteiger partial charge on any atom is 0.303 e. The predicted molar refractivity (Wildman–Crippen MR) is 68.4 cm³/mol. The summed E-state index contributed by atoms with van der Waals surface area (Å²) in [5.74, 6) is 0.941. The lowest BCUT2D eigenvalue weighted by molar-refractivity contribution is -0.145. The van der Waals surface area contributed by atoms with E-state index in [0.717, 1.165) is 6.42 Å². The zero-order valence-electron chi connectivity index (χ0n) is 11.2. The Bertz CT molecular complexity index is 390. The van der Waals surface area contributed by atoms with Gasteiger partial charge in [0, 0.05) is 6.92 Å². The smallest absolute Gasteiger partial charge is 0.303 e. The number of esters is 1. The van der Waals surface area contributed by atoms with Crippen molar-refractivity contribution in [2.24, 2.45) is 17.3 Å². The van der Waals surface area contributed by atoms with Crippen LogP contribution < -0.4 is 0 Å². The number of hydrogen-bond donors (Lipinski definition) is 0. The van der Waals surface area contributed by atoms with Gasteiger partial charge in [-0.1, -0.05) is 27.4 Å². The molecule has 2 aliphatic carbocycles. The van der Waals surface area contributed by atoms with Crippen molar-refractivity contribution in [2.75, 3.05) is 0 Å². The zero-order chi connectivity index (χ0) is 12.8. The monoisotopic (exact) mass is 234 g/mol. The quantitative estimate of drug-likeness (QED) is 0.649. The first kappa shape index (κ1) is 12.4. The Labute approximate surface area is 104 Å². The summed E-state index contributed by atoms with van der Waals surface area (Å²) in [4.78, 5) is 11.1. The van der Waals surface area contributed by atoms with Crippen LogP contribution in [0.15, 0.2) is 23.8 Å². The van der Waals surface area contributed by atoms with Crippen LogP contribution in [0.25, 0.3) is 0 Å². The fourth-order valence-electron chi connectivity index (χ4n) is 3.30. The van der Waals surface area contributed by atoms with Crippen molar-refractivity contribution in [2.45, 2.75) is 46.6 Å². The average molecular weight is 234 g/mol. The van der Waals surface area contributed by atoms with Gasteiger partial charge in [-0.2, -0.15) is 0 Å². The van der Waals surface area contributed by atoms with Crippen molar-refractivity contribution in [3.63, 3.8) is 0 Å². The van der Waals surface area contributed by atoms with Crippen LogP contribution in [0.5, 0.6) is 0 Å². The summed E-state index contributed by atoms with van der Waals surface area (Å²) < 4.78 is 5.36. The van der Waals surface area contributed by atoms with Crippen molar-refractivity contribution in [3.05, 3.63) is 23.8 Å². The molecule has 17 heavy (non-hydrogen) atoms. The molecular weight excluding hydrogens is 212 g/mol. The van der Waals surface area contributed by atoms with Gasteiger partial charge in [0.1, 0.15) is 6.10 Å². The lowest BCUT2D eigenvalue weighted by Gasteiger charge is -2.39. The van der Waals surface area contributed by atoms with Crippen LogP contribution in [0.1, 0.15) is 40.5 Å². The van der Waals surface area contributed by atoms with E-state index in [4.69, 9.17) is 4.74 Å². The van der Waals surface area contributed by atoms with Crippen LogP contribution in [-0.4, -0.2) is 12.1 Å². The number of carbonyl (C=O) groups excluding carboxylic acids is 1. The summed E-state index contributed by atoms with van der Waals surface area (Å²) in [6, 6.07) is 0. The normalized spacial score (nSPS) is 35.2. The van der Waals surface area contributed by atoms with Crippen molar-refractivity contribution in [1.29, 1.82) is 0 Å². The van der Waals surface area contributed by atoms with E-state index in [1.54, 1.807) is 0 Å². The van der Waals surface area contributed by atoms with E-state index in [-0.39, 0.29) is 17.5 Å². The number of rotatable bonds is 1. The largest absolute Gasteiger partial charge is 0.458 e. The number of fused-ring (bicyclic) bond motifs is 1. The molecule has 0 aromatic carbocycles. The van der Waals surface area contributed by atoms with Gasteiger partial charge in [-0.3, -0.25) is 4.79 Å². The van der Waals surface area contributed by atoms with Crippen molar-refractivity contribution < 1.29 is 9.53 Å². The average Bonchev–Trinajstić information content (AvgIpc) is 2.44. The molecule has 3 atom stereocenters. The second-order valence-corrected chi connectivity index (χ2v) is 6.18. The van der Waals surface area contributed by atoms with Crippen LogP contribution in [0.2, 0.25) is 0 Å². The molecule has 1 fully saturated rings. The molecule has 94 valence electrons. The lowest BCUT2D eigenvalue weighted by Crippen LogP contribution is -2.34. The molecule has 0 radical (unpaired) electrons. The summed E-state index contributed by atoms with van der Waals surface area (Å²) in [6.07, 6.45) is 4.16. The number of hydrogen-bond acceptors (Lipinski definition) is 2. The Hall–Kier alpha value is -1.05. The molecule has 0 aromatic heterocycles. The summed E-state index contributed by atoms with van der Waals surface area (Å²) in [6.45, 7) is 12.4. The van der Waals surface area contributed by atoms with Crippen molar-refractivity contribution in [1.82, 2.24) is 0 Å². The third-order valence-corrected chi connectivity index (χ3v) is 4.28. The molecule has 0 aromatic rings. The highest BCUT2D eigenvalue weighted by Gasteiger charge is 2.44. The van der Waals surface area contributed by atoms with Gasteiger partial charge in [0.2, 0.25) is 0 Å². The van der Waals surface area contributed by atoms with Gasteiger partial charge >= 0.3 is 5.97 Å². The Balaban J connectivity index is 2.31. The Kier molecular flexibility index (Phi) is 2.92. The third kappa shape index (κ3) is 2.18. The van der Waals surface area contributed by atoms with E-state index in [9.17, 15) is 4.79 Å². The standard InChI is InChI=1S/C15H22O2/c1-9-6-14-13(10(9)2)7-12(17-11(3)16)8-15(14,4)5/h7,9,12,14H,2,6,8H2,1,3-5H3. The molecule has 2 heteroatoms. The summed E-state index contributed by atoms with van der Waals surface area (Å²) in [5.41, 5.74) is 2.76. The molecular formula is C15H22O2. The zero-order valence-corrected chi connectivity index (χ0v) is 11.2. The fourth-order valence-corrected chi connectivity index (χ4v) is 3.30. The highest BCUT2D eigenvalue weighted by molar-refractivity contribution is 5.66. The number of ether oxygens (including phenoxy) is 1. The minimum Gasteiger partial charge on any atom is -0.458 e. The van der Waals surface area contributed by atoms with Crippen LogP contribution >= 0.6 is 0 Å². The van der Waals surface area contributed by atoms with E-state index in [1.807, 2.05) is 0 Å². The molecule has 2 nitrogen and oxygen atoms in total. The molecule has 1 saturated carbocycles. The topological polar surface area (TPSA) is 26.3 Å². The predicted octanol–water partition coefficient (Wildman–Crippen LogP) is 3.49. The van der Waals surface area contributed by atoms with Gasteiger partial charge in [-0.25, -0.2) is 0 Å². The Morgan fingerprint density at radius 3 is 2.76 bits per heavy atom. The van der Waals surface area contributed by atoms with Gasteiger partial charge in [-0.15, -0.1) is 0 Å². The summed E-state index contributed by atoms with van der Waals surface area (Å²) in [7, 11) is 0. The van der Waals surface area contributed by atoms with E-state index in [1.165, 1.54) is 24.5 Å². The van der Waals surface area contributed by atoms with E-state index >= 15 is 0 Å². The summed E-state index contributed by atoms with van der Waals surface area (Å²) in [5, 5.41) is 0. The molecule has 2 aliphatic rings.